The summed E-state index contributed by atoms with van der Waals surface area (Å²) in [5, 5.41) is 3.42. The molecule has 0 saturated carbocycles. The van der Waals surface area contributed by atoms with Crippen LogP contribution >= 0.6 is 22.6 Å². The Bertz CT molecular complexity index is 491. The Kier molecular flexibility index (Phi) is 3.86. The lowest BCUT2D eigenvalue weighted by atomic mass is 9.96. The maximum absolute atomic E-state index is 11.6. The van der Waals surface area contributed by atoms with Crippen molar-refractivity contribution in [2.45, 2.75) is 33.1 Å². The van der Waals surface area contributed by atoms with Crippen molar-refractivity contribution in [2.24, 2.45) is 0 Å². The van der Waals surface area contributed by atoms with Crippen molar-refractivity contribution in [1.82, 2.24) is 0 Å². The summed E-state index contributed by atoms with van der Waals surface area (Å²) >= 11 is 2.34. The molecule has 0 radical (unpaired) electrons. The number of allylic oxidation sites excluding steroid dienone is 2. The first-order valence-corrected chi connectivity index (χ1v) is 6.92. The minimum atomic E-state index is 0.279. The number of carbonyl (C=O) groups excluding carboxylic acids is 1. The molecule has 0 bridgehead atoms. The van der Waals surface area contributed by atoms with Crippen LogP contribution in [0.1, 0.15) is 31.7 Å². The molecule has 2 rings (SSSR count). The van der Waals surface area contributed by atoms with E-state index in [4.69, 9.17) is 0 Å². The zero-order chi connectivity index (χ0) is 12.4. The first-order valence-electron chi connectivity index (χ1n) is 5.84. The molecule has 0 aliphatic heterocycles. The highest BCUT2D eigenvalue weighted by Crippen LogP contribution is 2.27. The number of ketones is 1. The zero-order valence-electron chi connectivity index (χ0n) is 10.1. The van der Waals surface area contributed by atoms with Crippen LogP contribution in [0.5, 0.6) is 0 Å². The molecule has 90 valence electrons. The van der Waals surface area contributed by atoms with Crippen LogP contribution < -0.4 is 5.32 Å². The average molecular weight is 341 g/mol. The molecule has 1 aliphatic rings. The summed E-state index contributed by atoms with van der Waals surface area (Å²) < 4.78 is 1.23. The van der Waals surface area contributed by atoms with E-state index in [1.54, 1.807) is 0 Å². The highest BCUT2D eigenvalue weighted by molar-refractivity contribution is 14.1. The minimum Gasteiger partial charge on any atom is -0.358 e. The number of benzene rings is 1. The van der Waals surface area contributed by atoms with Gasteiger partial charge in [0, 0.05) is 21.3 Å². The second-order valence-electron chi connectivity index (χ2n) is 4.44. The van der Waals surface area contributed by atoms with Gasteiger partial charge in [-0.3, -0.25) is 4.79 Å². The molecule has 0 saturated heterocycles. The highest BCUT2D eigenvalue weighted by atomic mass is 127. The topological polar surface area (TPSA) is 29.1 Å². The maximum Gasteiger partial charge on any atom is 0.160 e. The van der Waals surface area contributed by atoms with Crippen molar-refractivity contribution >= 4 is 34.1 Å². The van der Waals surface area contributed by atoms with E-state index in [1.165, 1.54) is 9.13 Å². The molecule has 0 heterocycles. The van der Waals surface area contributed by atoms with E-state index in [0.29, 0.717) is 6.42 Å². The van der Waals surface area contributed by atoms with Crippen LogP contribution in [0.4, 0.5) is 5.69 Å². The number of carbonyl (C=O) groups is 1. The van der Waals surface area contributed by atoms with Crippen molar-refractivity contribution < 1.29 is 4.79 Å². The summed E-state index contributed by atoms with van der Waals surface area (Å²) in [5.41, 5.74) is 4.35. The molecule has 0 unspecified atom stereocenters. The second kappa shape index (κ2) is 5.21. The number of hydrogen-bond donors (Lipinski definition) is 1. The van der Waals surface area contributed by atoms with Crippen molar-refractivity contribution in [3.8, 4) is 0 Å². The first kappa shape index (κ1) is 12.6. The third kappa shape index (κ3) is 2.70. The van der Waals surface area contributed by atoms with Crippen molar-refractivity contribution in [1.29, 1.82) is 0 Å². The SMILES string of the molecule is CC1=C(Nc2cccc(C)c2I)CCCC1=O. The van der Waals surface area contributed by atoms with E-state index in [-0.39, 0.29) is 5.78 Å². The number of nitrogens with one attached hydrogen (secondary N) is 1. The van der Waals surface area contributed by atoms with Crippen LogP contribution in [0.2, 0.25) is 0 Å². The molecular formula is C14H16INO. The van der Waals surface area contributed by atoms with Crippen LogP contribution in [-0.4, -0.2) is 5.78 Å². The number of aryl methyl sites for hydroxylation is 1. The van der Waals surface area contributed by atoms with E-state index in [2.05, 4.69) is 47.0 Å². The Balaban J connectivity index is 2.29. The second-order valence-corrected chi connectivity index (χ2v) is 5.52. The summed E-state index contributed by atoms with van der Waals surface area (Å²) in [6.07, 6.45) is 2.63. The van der Waals surface area contributed by atoms with Gasteiger partial charge >= 0.3 is 0 Å². The zero-order valence-corrected chi connectivity index (χ0v) is 12.3. The quantitative estimate of drug-likeness (QED) is 0.823. The number of hydrogen-bond acceptors (Lipinski definition) is 2. The minimum absolute atomic E-state index is 0.279. The van der Waals surface area contributed by atoms with E-state index in [9.17, 15) is 4.79 Å². The van der Waals surface area contributed by atoms with Crippen LogP contribution in [0.3, 0.4) is 0 Å². The van der Waals surface area contributed by atoms with Crippen LogP contribution in [0.25, 0.3) is 0 Å². The Hall–Kier alpha value is -0.840. The summed E-state index contributed by atoms with van der Waals surface area (Å²) in [6, 6.07) is 6.20. The van der Waals surface area contributed by atoms with Gasteiger partial charge in [0.1, 0.15) is 0 Å². The third-order valence-electron chi connectivity index (χ3n) is 3.18. The molecule has 2 nitrogen and oxygen atoms in total. The third-order valence-corrected chi connectivity index (χ3v) is 4.61. The van der Waals surface area contributed by atoms with Gasteiger partial charge < -0.3 is 5.32 Å². The Labute approximate surface area is 116 Å². The molecule has 1 aromatic rings. The predicted molar refractivity (Wildman–Crippen MR) is 79.1 cm³/mol. The predicted octanol–water partition coefficient (Wildman–Crippen LogP) is 4.04. The molecule has 0 aromatic heterocycles. The molecular weight excluding hydrogens is 325 g/mol. The van der Waals surface area contributed by atoms with E-state index in [0.717, 1.165) is 29.8 Å². The van der Waals surface area contributed by atoms with E-state index < -0.39 is 0 Å². The van der Waals surface area contributed by atoms with Gasteiger partial charge in [-0.2, -0.15) is 0 Å². The fourth-order valence-electron chi connectivity index (χ4n) is 2.03. The molecule has 3 heteroatoms. The molecule has 1 aliphatic carbocycles. The first-order chi connectivity index (χ1) is 8.09. The lowest BCUT2D eigenvalue weighted by Crippen LogP contribution is -2.15. The monoisotopic (exact) mass is 341 g/mol. The van der Waals surface area contributed by atoms with Crippen molar-refractivity contribution in [3.05, 3.63) is 38.6 Å². The van der Waals surface area contributed by atoms with Gasteiger partial charge in [-0.05, 0) is 60.9 Å². The number of rotatable bonds is 2. The highest BCUT2D eigenvalue weighted by Gasteiger charge is 2.17. The van der Waals surface area contributed by atoms with Crippen molar-refractivity contribution in [3.63, 3.8) is 0 Å². The largest absolute Gasteiger partial charge is 0.358 e. The van der Waals surface area contributed by atoms with E-state index >= 15 is 0 Å². The molecule has 0 amide bonds. The average Bonchev–Trinajstić information content (AvgIpc) is 2.31. The Morgan fingerprint density at radius 2 is 2.00 bits per heavy atom. The molecule has 1 N–H and O–H groups in total. The van der Waals surface area contributed by atoms with E-state index in [1.807, 2.05) is 13.0 Å². The summed E-state index contributed by atoms with van der Waals surface area (Å²) in [6.45, 7) is 4.02. The summed E-state index contributed by atoms with van der Waals surface area (Å²) in [4.78, 5) is 11.6. The summed E-state index contributed by atoms with van der Waals surface area (Å²) in [7, 11) is 0. The standard InChI is InChI=1S/C14H16INO/c1-9-5-3-7-12(14(9)15)16-11-6-4-8-13(17)10(11)2/h3,5,7,16H,4,6,8H2,1-2H3. The molecule has 0 atom stereocenters. The molecule has 0 fully saturated rings. The molecule has 1 aromatic carbocycles. The smallest absolute Gasteiger partial charge is 0.160 e. The van der Waals surface area contributed by atoms with Gasteiger partial charge in [0.25, 0.3) is 0 Å². The summed E-state index contributed by atoms with van der Waals surface area (Å²) in [5.74, 6) is 0.279. The molecule has 17 heavy (non-hydrogen) atoms. The van der Waals surface area contributed by atoms with Gasteiger partial charge in [-0.1, -0.05) is 12.1 Å². The van der Waals surface area contributed by atoms with Crippen LogP contribution in [0.15, 0.2) is 29.5 Å². The fourth-order valence-corrected chi connectivity index (χ4v) is 2.53. The van der Waals surface area contributed by atoms with Gasteiger partial charge in [-0.15, -0.1) is 0 Å². The van der Waals surface area contributed by atoms with Crippen molar-refractivity contribution in [2.75, 3.05) is 5.32 Å². The number of anilines is 1. The van der Waals surface area contributed by atoms with Gasteiger partial charge in [0.2, 0.25) is 0 Å². The van der Waals surface area contributed by atoms with Gasteiger partial charge in [-0.25, -0.2) is 0 Å². The Morgan fingerprint density at radius 1 is 1.24 bits per heavy atom. The fraction of sp³-hybridized carbons (Fsp3) is 0.357. The lowest BCUT2D eigenvalue weighted by molar-refractivity contribution is -0.116. The van der Waals surface area contributed by atoms with Gasteiger partial charge in [0.15, 0.2) is 5.78 Å². The number of Topliss-reactive ketones (excluding diaryl/α,β-unsaturated/α-hetero) is 1. The maximum atomic E-state index is 11.6. The van der Waals surface area contributed by atoms with Crippen LogP contribution in [0, 0.1) is 10.5 Å². The van der Waals surface area contributed by atoms with Crippen LogP contribution in [-0.2, 0) is 4.79 Å². The Morgan fingerprint density at radius 3 is 2.76 bits per heavy atom. The number of halogens is 1. The lowest BCUT2D eigenvalue weighted by Gasteiger charge is -2.19. The molecule has 0 spiro atoms. The normalized spacial score (nSPS) is 16.3. The van der Waals surface area contributed by atoms with Gasteiger partial charge in [0.05, 0.1) is 5.69 Å².